The molecule has 116 valence electrons. The quantitative estimate of drug-likeness (QED) is 0.599. The maximum atomic E-state index is 12.5. The number of hydrogen-bond donors (Lipinski definition) is 0. The van der Waals surface area contributed by atoms with Crippen molar-refractivity contribution < 1.29 is 28.5 Å². The molecule has 0 aromatic heterocycles. The minimum Gasteiger partial charge on any atom is -0.448 e. The summed E-state index contributed by atoms with van der Waals surface area (Å²) in [5, 5.41) is 0. The van der Waals surface area contributed by atoms with Gasteiger partial charge in [-0.2, -0.15) is 0 Å². The highest BCUT2D eigenvalue weighted by molar-refractivity contribution is 5.95. The Morgan fingerprint density at radius 1 is 1.32 bits per heavy atom. The molecule has 2 heterocycles. The van der Waals surface area contributed by atoms with E-state index in [0.717, 1.165) is 0 Å². The molecule has 2 bridgehead atoms. The average Bonchev–Trinajstić information content (AvgIpc) is 2.98. The van der Waals surface area contributed by atoms with Gasteiger partial charge in [-0.05, 0) is 12.1 Å². The van der Waals surface area contributed by atoms with Crippen LogP contribution in [0.5, 0.6) is 0 Å². The van der Waals surface area contributed by atoms with Crippen molar-refractivity contribution in [2.75, 3.05) is 13.2 Å². The van der Waals surface area contributed by atoms with Gasteiger partial charge in [0.05, 0.1) is 18.8 Å². The van der Waals surface area contributed by atoms with Crippen molar-refractivity contribution in [2.24, 2.45) is 0 Å². The van der Waals surface area contributed by atoms with Crippen molar-refractivity contribution in [3.05, 3.63) is 48.6 Å². The molecule has 6 heteroatoms. The number of ketones is 1. The van der Waals surface area contributed by atoms with Crippen LogP contribution in [0.15, 0.2) is 43.0 Å². The minimum atomic E-state index is -1.03. The molecule has 6 nitrogen and oxygen atoms in total. The van der Waals surface area contributed by atoms with Crippen LogP contribution in [0.3, 0.4) is 0 Å². The molecule has 22 heavy (non-hydrogen) atoms. The van der Waals surface area contributed by atoms with Gasteiger partial charge in [-0.1, -0.05) is 24.3 Å². The number of fused-ring (bicyclic) bond motifs is 2. The van der Waals surface area contributed by atoms with Gasteiger partial charge in [-0.15, -0.1) is 6.58 Å². The number of esters is 1. The largest absolute Gasteiger partial charge is 0.448 e. The third-order valence-corrected chi connectivity index (χ3v) is 3.52. The molecule has 2 aliphatic heterocycles. The van der Waals surface area contributed by atoms with Crippen LogP contribution < -0.4 is 0 Å². The van der Waals surface area contributed by atoms with Crippen LogP contribution in [0.2, 0.25) is 0 Å². The van der Waals surface area contributed by atoms with Crippen molar-refractivity contribution in [3.8, 4) is 0 Å². The van der Waals surface area contributed by atoms with Gasteiger partial charge in [0.25, 0.3) is 0 Å². The van der Waals surface area contributed by atoms with Gasteiger partial charge in [0.2, 0.25) is 5.78 Å². The number of rotatable bonds is 5. The fourth-order valence-electron chi connectivity index (χ4n) is 2.46. The monoisotopic (exact) mass is 304 g/mol. The summed E-state index contributed by atoms with van der Waals surface area (Å²) in [6, 6.07) is 8.48. The van der Waals surface area contributed by atoms with Crippen LogP contribution in [0, 0.1) is 0 Å². The molecule has 0 radical (unpaired) electrons. The van der Waals surface area contributed by atoms with E-state index in [1.807, 2.05) is 0 Å². The van der Waals surface area contributed by atoms with Crippen LogP contribution >= 0.6 is 0 Å². The van der Waals surface area contributed by atoms with E-state index < -0.39 is 30.6 Å². The molecule has 1 aromatic rings. The average molecular weight is 304 g/mol. The van der Waals surface area contributed by atoms with Crippen LogP contribution in [0.1, 0.15) is 10.4 Å². The maximum absolute atomic E-state index is 12.5. The van der Waals surface area contributed by atoms with Gasteiger partial charge >= 0.3 is 5.97 Å². The molecule has 2 fully saturated rings. The number of carbonyl (C=O) groups is 2. The van der Waals surface area contributed by atoms with Gasteiger partial charge in [-0.25, -0.2) is 4.79 Å². The molecule has 0 unspecified atom stereocenters. The first-order valence-electron chi connectivity index (χ1n) is 7.00. The lowest BCUT2D eigenvalue weighted by Gasteiger charge is -2.31. The molecule has 0 amide bonds. The van der Waals surface area contributed by atoms with E-state index in [0.29, 0.717) is 5.56 Å². The van der Waals surface area contributed by atoms with Crippen LogP contribution in [-0.2, 0) is 23.7 Å². The number of benzene rings is 1. The summed E-state index contributed by atoms with van der Waals surface area (Å²) in [4.78, 5) is 24.6. The first-order valence-corrected chi connectivity index (χ1v) is 7.00. The molecule has 1 aromatic carbocycles. The zero-order chi connectivity index (χ0) is 15.5. The third-order valence-electron chi connectivity index (χ3n) is 3.52. The molecule has 0 spiro atoms. The second-order valence-corrected chi connectivity index (χ2v) is 5.01. The molecule has 2 aliphatic rings. The Balaban J connectivity index is 1.73. The van der Waals surface area contributed by atoms with E-state index in [1.54, 1.807) is 30.3 Å². The molecule has 0 aliphatic carbocycles. The predicted octanol–water partition coefficient (Wildman–Crippen LogP) is 1.11. The fourth-order valence-corrected chi connectivity index (χ4v) is 2.46. The third kappa shape index (κ3) is 2.81. The lowest BCUT2D eigenvalue weighted by molar-refractivity contribution is -0.196. The second-order valence-electron chi connectivity index (χ2n) is 5.01. The molecular formula is C16H16O6. The summed E-state index contributed by atoms with van der Waals surface area (Å²) in [5.74, 6) is -0.916. The summed E-state index contributed by atoms with van der Waals surface area (Å²) in [7, 11) is 0. The highest BCUT2D eigenvalue weighted by Gasteiger charge is 2.52. The van der Waals surface area contributed by atoms with Crippen molar-refractivity contribution >= 4 is 11.8 Å². The summed E-state index contributed by atoms with van der Waals surface area (Å²) in [6.07, 6.45) is -1.75. The van der Waals surface area contributed by atoms with E-state index in [4.69, 9.17) is 18.9 Å². The van der Waals surface area contributed by atoms with E-state index in [9.17, 15) is 9.59 Å². The summed E-state index contributed by atoms with van der Waals surface area (Å²) < 4.78 is 21.6. The Morgan fingerprint density at radius 2 is 2.09 bits per heavy atom. The SMILES string of the molecule is C=CCO[C@H]1C(=O)[C@H](OC(=O)c2ccccc2)[C@H]2CO[C@@H]1O2. The molecule has 0 saturated carbocycles. The van der Waals surface area contributed by atoms with Crippen molar-refractivity contribution in [3.63, 3.8) is 0 Å². The van der Waals surface area contributed by atoms with E-state index >= 15 is 0 Å². The van der Waals surface area contributed by atoms with Gasteiger partial charge in [0.1, 0.15) is 6.10 Å². The standard InChI is InChI=1S/C16H16O6/c1-2-8-19-14-12(17)13(11-9-20-16(14)21-11)22-15(18)10-6-4-3-5-7-10/h2-7,11,13-14,16H,1,8-9H2/t11-,13-,14+,16-/m1/s1. The number of Topliss-reactive ketones (excluding diaryl/α,β-unsaturated/α-hetero) is 1. The van der Waals surface area contributed by atoms with Crippen molar-refractivity contribution in [2.45, 2.75) is 24.6 Å². The highest BCUT2D eigenvalue weighted by atomic mass is 16.8. The Bertz CT molecular complexity index is 569. The molecule has 0 N–H and O–H groups in total. The predicted molar refractivity (Wildman–Crippen MR) is 75.2 cm³/mol. The zero-order valence-corrected chi connectivity index (χ0v) is 11.8. The Morgan fingerprint density at radius 3 is 2.82 bits per heavy atom. The Kier molecular flexibility index (Phi) is 4.33. The van der Waals surface area contributed by atoms with Crippen molar-refractivity contribution in [1.82, 2.24) is 0 Å². The van der Waals surface area contributed by atoms with Crippen molar-refractivity contribution in [1.29, 1.82) is 0 Å². The minimum absolute atomic E-state index is 0.184. The highest BCUT2D eigenvalue weighted by Crippen LogP contribution is 2.29. The van der Waals surface area contributed by atoms with E-state index in [-0.39, 0.29) is 19.0 Å². The lowest BCUT2D eigenvalue weighted by atomic mass is 10.0. The number of ether oxygens (including phenoxy) is 4. The molecule has 4 atom stereocenters. The Labute approximate surface area is 127 Å². The normalized spacial score (nSPS) is 30.1. The smallest absolute Gasteiger partial charge is 0.338 e. The fraction of sp³-hybridized carbons (Fsp3) is 0.375. The zero-order valence-electron chi connectivity index (χ0n) is 11.8. The summed E-state index contributed by atoms with van der Waals surface area (Å²) in [5.41, 5.74) is 0.375. The Hall–Kier alpha value is -2.02. The van der Waals surface area contributed by atoms with Gasteiger partial charge in [0.15, 0.2) is 18.5 Å². The molecular weight excluding hydrogens is 288 g/mol. The van der Waals surface area contributed by atoms with Crippen LogP contribution in [-0.4, -0.2) is 49.6 Å². The topological polar surface area (TPSA) is 71.1 Å². The first-order chi connectivity index (χ1) is 10.7. The van der Waals surface area contributed by atoms with Gasteiger partial charge < -0.3 is 18.9 Å². The van der Waals surface area contributed by atoms with E-state index in [1.165, 1.54) is 6.08 Å². The summed E-state index contributed by atoms with van der Waals surface area (Å²) in [6.45, 7) is 3.91. The maximum Gasteiger partial charge on any atom is 0.338 e. The van der Waals surface area contributed by atoms with Crippen LogP contribution in [0.25, 0.3) is 0 Å². The summed E-state index contributed by atoms with van der Waals surface area (Å²) >= 11 is 0. The molecule has 2 saturated heterocycles. The number of hydrogen-bond acceptors (Lipinski definition) is 6. The van der Waals surface area contributed by atoms with Gasteiger partial charge in [0, 0.05) is 0 Å². The lowest BCUT2D eigenvalue weighted by Crippen LogP contribution is -2.53. The van der Waals surface area contributed by atoms with Gasteiger partial charge in [-0.3, -0.25) is 4.79 Å². The first kappa shape index (κ1) is 14.9. The second kappa shape index (κ2) is 6.39. The molecule has 3 rings (SSSR count). The van der Waals surface area contributed by atoms with Crippen LogP contribution in [0.4, 0.5) is 0 Å². The number of carbonyl (C=O) groups excluding carboxylic acids is 2. The van der Waals surface area contributed by atoms with E-state index in [2.05, 4.69) is 6.58 Å².